The second kappa shape index (κ2) is 7.25. The third-order valence-corrected chi connectivity index (χ3v) is 3.77. The number of nitrogens with zero attached hydrogens (tertiary/aromatic N) is 3. The molecule has 0 aliphatic carbocycles. The van der Waals surface area contributed by atoms with Gasteiger partial charge in [0, 0.05) is 30.0 Å². The molecule has 0 atom stereocenters. The molecule has 6 nitrogen and oxygen atoms in total. The van der Waals surface area contributed by atoms with Crippen LogP contribution < -0.4 is 10.9 Å². The number of hydrogen-bond donors (Lipinski definition) is 1. The highest BCUT2D eigenvalue weighted by atomic mass is 16.1. The summed E-state index contributed by atoms with van der Waals surface area (Å²) >= 11 is 0. The van der Waals surface area contributed by atoms with E-state index in [0.29, 0.717) is 23.3 Å². The molecule has 1 N–H and O–H groups in total. The van der Waals surface area contributed by atoms with Crippen LogP contribution in [0.1, 0.15) is 19.5 Å². The van der Waals surface area contributed by atoms with Crippen LogP contribution in [-0.4, -0.2) is 20.7 Å². The second-order valence-corrected chi connectivity index (χ2v) is 6.33. The molecule has 0 saturated heterocycles. The van der Waals surface area contributed by atoms with Crippen molar-refractivity contribution in [3.05, 3.63) is 64.8 Å². The van der Waals surface area contributed by atoms with Crippen LogP contribution in [0.25, 0.3) is 10.8 Å². The third-order valence-electron chi connectivity index (χ3n) is 3.77. The van der Waals surface area contributed by atoms with Crippen molar-refractivity contribution in [1.29, 1.82) is 0 Å². The lowest BCUT2D eigenvalue weighted by Crippen LogP contribution is -2.28. The van der Waals surface area contributed by atoms with Crippen LogP contribution in [0.5, 0.6) is 0 Å². The molecule has 0 spiro atoms. The number of amides is 1. The van der Waals surface area contributed by atoms with Crippen molar-refractivity contribution in [1.82, 2.24) is 14.8 Å². The van der Waals surface area contributed by atoms with Crippen molar-refractivity contribution in [2.75, 3.05) is 5.32 Å². The fourth-order valence-electron chi connectivity index (χ4n) is 2.70. The van der Waals surface area contributed by atoms with Crippen molar-refractivity contribution >= 4 is 22.4 Å². The molecule has 0 fully saturated rings. The first-order valence-electron chi connectivity index (χ1n) is 8.23. The lowest BCUT2D eigenvalue weighted by atomic mass is 10.1. The molecule has 25 heavy (non-hydrogen) atoms. The first-order valence-corrected chi connectivity index (χ1v) is 8.23. The van der Waals surface area contributed by atoms with Crippen LogP contribution in [0.15, 0.2) is 53.6 Å². The summed E-state index contributed by atoms with van der Waals surface area (Å²) in [6.07, 6.45) is 3.33. The molecule has 1 amide bonds. The van der Waals surface area contributed by atoms with Gasteiger partial charge in [0.15, 0.2) is 0 Å². The average molecular weight is 336 g/mol. The van der Waals surface area contributed by atoms with Crippen LogP contribution in [0.3, 0.4) is 0 Å². The van der Waals surface area contributed by atoms with E-state index in [1.54, 1.807) is 30.6 Å². The highest BCUT2D eigenvalue weighted by molar-refractivity contribution is 5.95. The van der Waals surface area contributed by atoms with E-state index in [2.05, 4.69) is 15.4 Å². The molecule has 0 aliphatic rings. The smallest absolute Gasteiger partial charge is 0.274 e. The van der Waals surface area contributed by atoms with Gasteiger partial charge < -0.3 is 5.32 Å². The summed E-state index contributed by atoms with van der Waals surface area (Å²) in [5, 5.41) is 8.58. The van der Waals surface area contributed by atoms with Crippen LogP contribution in [0, 0.1) is 5.92 Å². The number of aromatic nitrogens is 3. The van der Waals surface area contributed by atoms with Gasteiger partial charge >= 0.3 is 0 Å². The molecule has 2 heterocycles. The lowest BCUT2D eigenvalue weighted by molar-refractivity contribution is -0.115. The molecule has 3 aromatic rings. The number of hydrogen-bond acceptors (Lipinski definition) is 4. The van der Waals surface area contributed by atoms with E-state index >= 15 is 0 Å². The minimum atomic E-state index is -0.182. The number of pyridine rings is 1. The normalized spacial score (nSPS) is 11.0. The van der Waals surface area contributed by atoms with Gasteiger partial charge in [0.25, 0.3) is 5.56 Å². The Morgan fingerprint density at radius 1 is 1.12 bits per heavy atom. The van der Waals surface area contributed by atoms with Gasteiger partial charge in [-0.05, 0) is 24.1 Å². The second-order valence-electron chi connectivity index (χ2n) is 6.33. The Morgan fingerprint density at radius 2 is 1.80 bits per heavy atom. The molecule has 0 bridgehead atoms. The van der Waals surface area contributed by atoms with Crippen LogP contribution in [0.2, 0.25) is 0 Å². The van der Waals surface area contributed by atoms with Gasteiger partial charge in [-0.15, -0.1) is 0 Å². The van der Waals surface area contributed by atoms with E-state index < -0.39 is 0 Å². The molecule has 2 aromatic heterocycles. The van der Waals surface area contributed by atoms with Gasteiger partial charge in [-0.1, -0.05) is 32.0 Å². The molecule has 3 rings (SSSR count). The maximum atomic E-state index is 12.6. The average Bonchev–Trinajstić information content (AvgIpc) is 2.59. The Balaban J connectivity index is 1.95. The molecular formula is C19H20N4O2. The van der Waals surface area contributed by atoms with Gasteiger partial charge in [-0.25, -0.2) is 4.68 Å². The first-order chi connectivity index (χ1) is 12.0. The Bertz CT molecular complexity index is 949. The van der Waals surface area contributed by atoms with Crippen molar-refractivity contribution in [3.63, 3.8) is 0 Å². The minimum Gasteiger partial charge on any atom is -0.326 e. The molecule has 0 radical (unpaired) electrons. The Labute approximate surface area is 145 Å². The minimum absolute atomic E-state index is 0.0984. The largest absolute Gasteiger partial charge is 0.326 e. The van der Waals surface area contributed by atoms with E-state index in [9.17, 15) is 9.59 Å². The van der Waals surface area contributed by atoms with Crippen molar-refractivity contribution in [2.24, 2.45) is 5.92 Å². The molecular weight excluding hydrogens is 316 g/mol. The van der Waals surface area contributed by atoms with Gasteiger partial charge in [-0.3, -0.25) is 14.6 Å². The van der Waals surface area contributed by atoms with Crippen molar-refractivity contribution in [2.45, 2.75) is 26.8 Å². The standard InChI is InChI=1S/C19H20N4O2/c1-13(2)12-23-19(25)16-6-4-3-5-15(16)17(22-23)11-18(24)21-14-7-9-20-10-8-14/h3-10,13H,11-12H2,1-2H3,(H,20,21,24). The van der Waals surface area contributed by atoms with Gasteiger partial charge in [0.05, 0.1) is 17.5 Å². The third kappa shape index (κ3) is 3.91. The monoisotopic (exact) mass is 336 g/mol. The number of fused-ring (bicyclic) bond motifs is 1. The number of carbonyl (C=O) groups is 1. The molecule has 1 aromatic carbocycles. The summed E-state index contributed by atoms with van der Waals surface area (Å²) < 4.78 is 1.46. The molecule has 0 saturated carbocycles. The summed E-state index contributed by atoms with van der Waals surface area (Å²) in [6.45, 7) is 4.57. The van der Waals surface area contributed by atoms with E-state index in [1.807, 2.05) is 32.0 Å². The molecule has 6 heteroatoms. The zero-order valence-electron chi connectivity index (χ0n) is 14.3. The Kier molecular flexibility index (Phi) is 4.88. The fraction of sp³-hybridized carbons (Fsp3) is 0.263. The summed E-state index contributed by atoms with van der Waals surface area (Å²) in [5.74, 6) is 0.100. The lowest BCUT2D eigenvalue weighted by Gasteiger charge is -2.12. The van der Waals surface area contributed by atoms with E-state index in [1.165, 1.54) is 4.68 Å². The van der Waals surface area contributed by atoms with Crippen LogP contribution >= 0.6 is 0 Å². The molecule has 0 aliphatic heterocycles. The van der Waals surface area contributed by atoms with Gasteiger partial charge in [0.2, 0.25) is 5.91 Å². The van der Waals surface area contributed by atoms with Crippen LogP contribution in [0.4, 0.5) is 5.69 Å². The summed E-state index contributed by atoms with van der Waals surface area (Å²) in [4.78, 5) is 28.9. The van der Waals surface area contributed by atoms with E-state index in [-0.39, 0.29) is 23.8 Å². The maximum Gasteiger partial charge on any atom is 0.274 e. The fourth-order valence-corrected chi connectivity index (χ4v) is 2.70. The molecule has 0 unspecified atom stereocenters. The summed E-state index contributed by atoms with van der Waals surface area (Å²) in [7, 11) is 0. The zero-order valence-corrected chi connectivity index (χ0v) is 14.3. The van der Waals surface area contributed by atoms with Crippen LogP contribution in [-0.2, 0) is 17.8 Å². The predicted octanol–water partition coefficient (Wildman–Crippen LogP) is 2.63. The topological polar surface area (TPSA) is 76.9 Å². The van der Waals surface area contributed by atoms with E-state index in [4.69, 9.17) is 0 Å². The predicted molar refractivity (Wildman–Crippen MR) is 97.4 cm³/mol. The maximum absolute atomic E-state index is 12.6. The first kappa shape index (κ1) is 16.8. The summed E-state index contributed by atoms with van der Waals surface area (Å²) in [5.41, 5.74) is 1.16. The van der Waals surface area contributed by atoms with Crippen molar-refractivity contribution < 1.29 is 4.79 Å². The Hall–Kier alpha value is -3.02. The summed E-state index contributed by atoms with van der Waals surface area (Å²) in [6, 6.07) is 10.7. The van der Waals surface area contributed by atoms with Crippen molar-refractivity contribution in [3.8, 4) is 0 Å². The van der Waals surface area contributed by atoms with Gasteiger partial charge in [-0.2, -0.15) is 5.10 Å². The van der Waals surface area contributed by atoms with Gasteiger partial charge in [0.1, 0.15) is 0 Å². The molecule has 128 valence electrons. The number of benzene rings is 1. The highest BCUT2D eigenvalue weighted by Crippen LogP contribution is 2.15. The number of anilines is 1. The Morgan fingerprint density at radius 3 is 2.48 bits per heavy atom. The number of carbonyl (C=O) groups excluding carboxylic acids is 1. The quantitative estimate of drug-likeness (QED) is 0.777. The van der Waals surface area contributed by atoms with E-state index in [0.717, 1.165) is 5.39 Å². The SMILES string of the molecule is CC(C)Cn1nc(CC(=O)Nc2ccncc2)c2ccccc2c1=O. The highest BCUT2D eigenvalue weighted by Gasteiger charge is 2.14. The number of rotatable bonds is 5. The number of nitrogens with one attached hydrogen (secondary N) is 1. The zero-order chi connectivity index (χ0) is 17.8.